The minimum atomic E-state index is 0.135. The second-order valence-electron chi connectivity index (χ2n) is 5.18. The summed E-state index contributed by atoms with van der Waals surface area (Å²) in [5.41, 5.74) is 6.54. The first kappa shape index (κ1) is 16.3. The molecule has 2 rings (SSSR count). The molecule has 0 aliphatic heterocycles. The Morgan fingerprint density at radius 3 is 2.24 bits per heavy atom. The lowest BCUT2D eigenvalue weighted by Crippen LogP contribution is -2.38. The zero-order valence-corrected chi connectivity index (χ0v) is 13.6. The Bertz CT molecular complexity index is 582. The summed E-state index contributed by atoms with van der Waals surface area (Å²) in [5, 5.41) is 1.33. The molecule has 21 heavy (non-hydrogen) atoms. The van der Waals surface area contributed by atoms with E-state index in [1.165, 1.54) is 11.1 Å². The molecular formula is C17H20Cl2N2. The molecule has 0 bridgehead atoms. The average molecular weight is 323 g/mol. The fraction of sp³-hybridized carbons (Fsp3) is 0.294. The number of hydrazine groups is 1. The maximum Gasteiger partial charge on any atom is 0.0453 e. The summed E-state index contributed by atoms with van der Waals surface area (Å²) in [7, 11) is 0. The first-order valence-corrected chi connectivity index (χ1v) is 7.85. The molecule has 2 nitrogen and oxygen atoms in total. The van der Waals surface area contributed by atoms with Gasteiger partial charge in [0.1, 0.15) is 0 Å². The summed E-state index contributed by atoms with van der Waals surface area (Å²) in [4.78, 5) is 0. The second-order valence-corrected chi connectivity index (χ2v) is 6.02. The van der Waals surface area contributed by atoms with Crippen LogP contribution < -0.4 is 11.3 Å². The molecule has 2 aromatic carbocycles. The van der Waals surface area contributed by atoms with E-state index in [1.54, 1.807) is 6.07 Å². The van der Waals surface area contributed by atoms with Crippen LogP contribution in [0.3, 0.4) is 0 Å². The highest BCUT2D eigenvalue weighted by atomic mass is 35.5. The van der Waals surface area contributed by atoms with E-state index >= 15 is 0 Å². The molecule has 0 spiro atoms. The molecular weight excluding hydrogens is 303 g/mol. The first-order valence-electron chi connectivity index (χ1n) is 7.10. The summed E-state index contributed by atoms with van der Waals surface area (Å²) in [6, 6.07) is 14.4. The molecule has 0 saturated carbocycles. The lowest BCUT2D eigenvalue weighted by atomic mass is 9.98. The van der Waals surface area contributed by atoms with E-state index in [4.69, 9.17) is 29.0 Å². The molecule has 112 valence electrons. The number of nitrogens with two attached hydrogens (primary N) is 1. The Kier molecular flexibility index (Phi) is 6.07. The Morgan fingerprint density at radius 2 is 1.67 bits per heavy atom. The fourth-order valence-electron chi connectivity index (χ4n) is 2.34. The van der Waals surface area contributed by atoms with Crippen LogP contribution in [-0.2, 0) is 19.3 Å². The highest BCUT2D eigenvalue weighted by Gasteiger charge is 2.11. The maximum absolute atomic E-state index is 6.22. The number of benzene rings is 2. The highest BCUT2D eigenvalue weighted by molar-refractivity contribution is 6.35. The summed E-state index contributed by atoms with van der Waals surface area (Å²) in [6.45, 7) is 2.15. The number of halogens is 2. The van der Waals surface area contributed by atoms with E-state index in [9.17, 15) is 0 Å². The Hall–Kier alpha value is -1.06. The fourth-order valence-corrected chi connectivity index (χ4v) is 2.82. The maximum atomic E-state index is 6.22. The van der Waals surface area contributed by atoms with Gasteiger partial charge in [-0.25, -0.2) is 0 Å². The smallest absolute Gasteiger partial charge is 0.0453 e. The van der Waals surface area contributed by atoms with Crippen molar-refractivity contribution < 1.29 is 0 Å². The van der Waals surface area contributed by atoms with Gasteiger partial charge in [0.15, 0.2) is 0 Å². The average Bonchev–Trinajstić information content (AvgIpc) is 2.49. The molecule has 3 N–H and O–H groups in total. The van der Waals surface area contributed by atoms with Crippen LogP contribution in [-0.4, -0.2) is 6.04 Å². The molecule has 0 aromatic heterocycles. The van der Waals surface area contributed by atoms with Crippen LogP contribution in [0.15, 0.2) is 42.5 Å². The molecule has 2 aromatic rings. The normalized spacial score (nSPS) is 12.4. The van der Waals surface area contributed by atoms with Crippen LogP contribution in [0, 0.1) is 0 Å². The monoisotopic (exact) mass is 322 g/mol. The molecule has 4 heteroatoms. The lowest BCUT2D eigenvalue weighted by Gasteiger charge is -2.17. The van der Waals surface area contributed by atoms with Crippen molar-refractivity contribution in [2.45, 2.75) is 32.2 Å². The van der Waals surface area contributed by atoms with Crippen molar-refractivity contribution in [2.75, 3.05) is 0 Å². The van der Waals surface area contributed by atoms with Crippen LogP contribution in [0.2, 0.25) is 10.0 Å². The topological polar surface area (TPSA) is 38.0 Å². The van der Waals surface area contributed by atoms with E-state index in [0.717, 1.165) is 24.8 Å². The van der Waals surface area contributed by atoms with Crippen LogP contribution in [0.25, 0.3) is 0 Å². The van der Waals surface area contributed by atoms with Crippen LogP contribution in [0.4, 0.5) is 0 Å². The predicted molar refractivity (Wildman–Crippen MR) is 90.8 cm³/mol. The number of aryl methyl sites for hydroxylation is 1. The van der Waals surface area contributed by atoms with E-state index < -0.39 is 0 Å². The Labute approximate surface area is 136 Å². The summed E-state index contributed by atoms with van der Waals surface area (Å²) < 4.78 is 0. The third kappa shape index (κ3) is 4.72. The van der Waals surface area contributed by atoms with Gasteiger partial charge in [0.2, 0.25) is 0 Å². The summed E-state index contributed by atoms with van der Waals surface area (Å²) >= 11 is 12.1. The predicted octanol–water partition coefficient (Wildman–Crippen LogP) is 4.17. The SMILES string of the molecule is CCc1ccc(CC(Cc2ccc(Cl)cc2Cl)NN)cc1. The van der Waals surface area contributed by atoms with E-state index in [1.807, 2.05) is 12.1 Å². The van der Waals surface area contributed by atoms with Gasteiger partial charge < -0.3 is 0 Å². The summed E-state index contributed by atoms with van der Waals surface area (Å²) in [6.07, 6.45) is 2.68. The van der Waals surface area contributed by atoms with Crippen molar-refractivity contribution in [3.63, 3.8) is 0 Å². The van der Waals surface area contributed by atoms with Crippen molar-refractivity contribution >= 4 is 23.2 Å². The quantitative estimate of drug-likeness (QED) is 0.618. The number of hydrogen-bond acceptors (Lipinski definition) is 2. The van der Waals surface area contributed by atoms with Crippen molar-refractivity contribution in [2.24, 2.45) is 5.84 Å². The van der Waals surface area contributed by atoms with Crippen molar-refractivity contribution in [3.8, 4) is 0 Å². The van der Waals surface area contributed by atoms with Gasteiger partial charge in [0.05, 0.1) is 0 Å². The number of hydrogen-bond donors (Lipinski definition) is 2. The van der Waals surface area contributed by atoms with Crippen LogP contribution in [0.1, 0.15) is 23.6 Å². The molecule has 1 unspecified atom stereocenters. The standard InChI is InChI=1S/C17H20Cl2N2/c1-2-12-3-5-13(6-4-12)9-16(21-20)10-14-7-8-15(18)11-17(14)19/h3-8,11,16,21H,2,9-10,20H2,1H3. The zero-order chi connectivity index (χ0) is 15.2. The third-order valence-electron chi connectivity index (χ3n) is 3.63. The molecule has 0 saturated heterocycles. The van der Waals surface area contributed by atoms with Gasteiger partial charge in [0.25, 0.3) is 0 Å². The van der Waals surface area contributed by atoms with Crippen molar-refractivity contribution in [1.82, 2.24) is 5.43 Å². The molecule has 0 amide bonds. The molecule has 0 heterocycles. The van der Waals surface area contributed by atoms with Gasteiger partial charge in [-0.05, 0) is 48.1 Å². The minimum Gasteiger partial charge on any atom is -0.271 e. The summed E-state index contributed by atoms with van der Waals surface area (Å²) in [5.74, 6) is 5.69. The molecule has 1 atom stereocenters. The molecule has 0 aliphatic rings. The third-order valence-corrected chi connectivity index (χ3v) is 4.22. The largest absolute Gasteiger partial charge is 0.271 e. The van der Waals surface area contributed by atoms with Gasteiger partial charge in [0, 0.05) is 16.1 Å². The number of rotatable bonds is 6. The Morgan fingerprint density at radius 1 is 1.00 bits per heavy atom. The van der Waals surface area contributed by atoms with Crippen LogP contribution >= 0.6 is 23.2 Å². The molecule has 0 fully saturated rings. The van der Waals surface area contributed by atoms with Gasteiger partial charge in [-0.1, -0.05) is 60.5 Å². The van der Waals surface area contributed by atoms with Gasteiger partial charge in [-0.2, -0.15) is 0 Å². The van der Waals surface area contributed by atoms with Gasteiger partial charge in [-0.3, -0.25) is 11.3 Å². The molecule has 0 aliphatic carbocycles. The van der Waals surface area contributed by atoms with E-state index in [-0.39, 0.29) is 6.04 Å². The van der Waals surface area contributed by atoms with E-state index in [2.05, 4.69) is 36.6 Å². The van der Waals surface area contributed by atoms with Crippen molar-refractivity contribution in [3.05, 3.63) is 69.2 Å². The first-order chi connectivity index (χ1) is 10.1. The zero-order valence-electron chi connectivity index (χ0n) is 12.1. The highest BCUT2D eigenvalue weighted by Crippen LogP contribution is 2.22. The lowest BCUT2D eigenvalue weighted by molar-refractivity contribution is 0.522. The Balaban J connectivity index is 2.05. The van der Waals surface area contributed by atoms with Gasteiger partial charge >= 0.3 is 0 Å². The number of nitrogens with one attached hydrogen (secondary N) is 1. The van der Waals surface area contributed by atoms with Crippen molar-refractivity contribution in [1.29, 1.82) is 0 Å². The molecule has 0 radical (unpaired) electrons. The minimum absolute atomic E-state index is 0.135. The van der Waals surface area contributed by atoms with Crippen LogP contribution in [0.5, 0.6) is 0 Å². The van der Waals surface area contributed by atoms with Gasteiger partial charge in [-0.15, -0.1) is 0 Å². The second kappa shape index (κ2) is 7.81. The van der Waals surface area contributed by atoms with E-state index in [0.29, 0.717) is 10.0 Å².